The predicted octanol–water partition coefficient (Wildman–Crippen LogP) is 3.24. The molecular formula is C20H20ClN3O2. The van der Waals surface area contributed by atoms with Crippen LogP contribution in [0, 0.1) is 0 Å². The van der Waals surface area contributed by atoms with E-state index < -0.39 is 5.92 Å². The van der Waals surface area contributed by atoms with E-state index in [1.165, 1.54) is 4.90 Å². The van der Waals surface area contributed by atoms with Gasteiger partial charge >= 0.3 is 0 Å². The van der Waals surface area contributed by atoms with Crippen LogP contribution >= 0.6 is 11.6 Å². The molecule has 0 N–H and O–H groups in total. The first-order chi connectivity index (χ1) is 12.5. The van der Waals surface area contributed by atoms with Crippen LogP contribution in [-0.2, 0) is 4.79 Å². The molecule has 0 saturated carbocycles. The van der Waals surface area contributed by atoms with Gasteiger partial charge in [0.1, 0.15) is 0 Å². The lowest BCUT2D eigenvalue weighted by molar-refractivity contribution is -0.118. The van der Waals surface area contributed by atoms with Crippen molar-refractivity contribution < 1.29 is 9.59 Å². The lowest BCUT2D eigenvalue weighted by atomic mass is 9.89. The van der Waals surface area contributed by atoms with Crippen molar-refractivity contribution in [2.75, 3.05) is 32.1 Å². The highest BCUT2D eigenvalue weighted by molar-refractivity contribution is 6.32. The molecule has 134 valence electrons. The highest BCUT2D eigenvalue weighted by atomic mass is 35.5. The SMILES string of the molecule is CN(C)CCN=CC1C(=O)N(c2cccc(Cl)c2)C(=O)c2ccccc21. The molecule has 0 spiro atoms. The van der Waals surface area contributed by atoms with E-state index in [9.17, 15) is 9.59 Å². The normalized spacial score (nSPS) is 17.2. The van der Waals surface area contributed by atoms with Crippen molar-refractivity contribution in [2.45, 2.75) is 5.92 Å². The molecule has 5 nitrogen and oxygen atoms in total. The minimum atomic E-state index is -0.593. The lowest BCUT2D eigenvalue weighted by Gasteiger charge is -2.31. The van der Waals surface area contributed by atoms with Gasteiger partial charge in [-0.15, -0.1) is 0 Å². The van der Waals surface area contributed by atoms with E-state index in [2.05, 4.69) is 4.99 Å². The van der Waals surface area contributed by atoms with Crippen molar-refractivity contribution >= 4 is 35.3 Å². The minimum Gasteiger partial charge on any atom is -0.308 e. The molecule has 2 aromatic rings. The van der Waals surface area contributed by atoms with E-state index in [4.69, 9.17) is 11.6 Å². The summed E-state index contributed by atoms with van der Waals surface area (Å²) in [5, 5.41) is 0.471. The average molecular weight is 370 g/mol. The molecule has 0 aliphatic carbocycles. The Morgan fingerprint density at radius 3 is 2.65 bits per heavy atom. The average Bonchev–Trinajstić information content (AvgIpc) is 2.61. The minimum absolute atomic E-state index is 0.315. The first-order valence-corrected chi connectivity index (χ1v) is 8.74. The van der Waals surface area contributed by atoms with Crippen LogP contribution in [0.4, 0.5) is 5.69 Å². The first kappa shape index (κ1) is 18.3. The Balaban J connectivity index is 1.99. The Morgan fingerprint density at radius 1 is 1.15 bits per heavy atom. The highest BCUT2D eigenvalue weighted by Crippen LogP contribution is 2.32. The zero-order valence-corrected chi connectivity index (χ0v) is 15.5. The fourth-order valence-electron chi connectivity index (χ4n) is 2.90. The number of amides is 2. The molecule has 2 aromatic carbocycles. The highest BCUT2D eigenvalue weighted by Gasteiger charge is 2.38. The third-order valence-corrected chi connectivity index (χ3v) is 4.45. The van der Waals surface area contributed by atoms with E-state index in [-0.39, 0.29) is 11.8 Å². The quantitative estimate of drug-likeness (QED) is 0.600. The number of fused-ring (bicyclic) bond motifs is 1. The third kappa shape index (κ3) is 3.69. The number of rotatable bonds is 5. The smallest absolute Gasteiger partial charge is 0.265 e. The molecule has 1 atom stereocenters. The number of benzene rings is 2. The van der Waals surface area contributed by atoms with Crippen LogP contribution < -0.4 is 4.90 Å². The van der Waals surface area contributed by atoms with Crippen molar-refractivity contribution in [1.82, 2.24) is 4.90 Å². The van der Waals surface area contributed by atoms with Crippen LogP contribution in [0.1, 0.15) is 21.8 Å². The number of anilines is 1. The number of halogens is 1. The van der Waals surface area contributed by atoms with Gasteiger partial charge in [-0.25, -0.2) is 4.90 Å². The molecule has 0 aromatic heterocycles. The van der Waals surface area contributed by atoms with E-state index in [1.54, 1.807) is 42.6 Å². The second-order valence-electron chi connectivity index (χ2n) is 6.38. The number of carbonyl (C=O) groups is 2. The van der Waals surface area contributed by atoms with Crippen molar-refractivity contribution in [3.05, 3.63) is 64.7 Å². The summed E-state index contributed by atoms with van der Waals surface area (Å²) < 4.78 is 0. The summed E-state index contributed by atoms with van der Waals surface area (Å²) in [6.45, 7) is 1.38. The molecule has 1 unspecified atom stereocenters. The second-order valence-corrected chi connectivity index (χ2v) is 6.82. The largest absolute Gasteiger partial charge is 0.308 e. The fraction of sp³-hybridized carbons (Fsp3) is 0.250. The van der Waals surface area contributed by atoms with Gasteiger partial charge in [0.15, 0.2) is 0 Å². The summed E-state index contributed by atoms with van der Waals surface area (Å²) in [4.78, 5) is 33.6. The lowest BCUT2D eigenvalue weighted by Crippen LogP contribution is -2.45. The fourth-order valence-corrected chi connectivity index (χ4v) is 3.08. The van der Waals surface area contributed by atoms with Gasteiger partial charge in [0, 0.05) is 23.3 Å². The Kier molecular flexibility index (Phi) is 5.49. The number of carbonyl (C=O) groups excluding carboxylic acids is 2. The Labute approximate surface area is 157 Å². The van der Waals surface area contributed by atoms with Gasteiger partial charge in [-0.05, 0) is 43.9 Å². The van der Waals surface area contributed by atoms with Crippen molar-refractivity contribution in [3.8, 4) is 0 Å². The maximum atomic E-state index is 13.1. The van der Waals surface area contributed by atoms with Crippen molar-refractivity contribution in [3.63, 3.8) is 0 Å². The van der Waals surface area contributed by atoms with Gasteiger partial charge in [-0.3, -0.25) is 14.6 Å². The van der Waals surface area contributed by atoms with Gasteiger partial charge in [-0.2, -0.15) is 0 Å². The summed E-state index contributed by atoms with van der Waals surface area (Å²) in [7, 11) is 3.94. The topological polar surface area (TPSA) is 53.0 Å². The summed E-state index contributed by atoms with van der Waals surface area (Å²) in [6, 6.07) is 13.9. The summed E-state index contributed by atoms with van der Waals surface area (Å²) >= 11 is 6.05. The molecule has 0 fully saturated rings. The van der Waals surface area contributed by atoms with Crippen molar-refractivity contribution in [2.24, 2.45) is 4.99 Å². The Morgan fingerprint density at radius 2 is 1.92 bits per heavy atom. The van der Waals surface area contributed by atoms with Crippen LogP contribution in [0.5, 0.6) is 0 Å². The number of aliphatic imine (C=N–C) groups is 1. The second kappa shape index (κ2) is 7.81. The van der Waals surface area contributed by atoms with Crippen LogP contribution in [0.15, 0.2) is 53.5 Å². The number of hydrogen-bond acceptors (Lipinski definition) is 4. The molecule has 0 bridgehead atoms. The molecule has 6 heteroatoms. The zero-order chi connectivity index (χ0) is 18.7. The molecule has 0 saturated heterocycles. The molecule has 26 heavy (non-hydrogen) atoms. The standard InChI is InChI=1S/C20H20ClN3O2/c1-23(2)11-10-22-13-18-16-8-3-4-9-17(16)19(25)24(20(18)26)15-7-5-6-14(21)12-15/h3-9,12-13,18H,10-11H2,1-2H3. The number of nitrogens with zero attached hydrogens (tertiary/aromatic N) is 3. The van der Waals surface area contributed by atoms with E-state index in [0.29, 0.717) is 28.4 Å². The maximum absolute atomic E-state index is 13.1. The number of imide groups is 1. The zero-order valence-electron chi connectivity index (χ0n) is 14.7. The molecule has 0 radical (unpaired) electrons. The van der Waals surface area contributed by atoms with Crippen LogP contribution in [0.3, 0.4) is 0 Å². The van der Waals surface area contributed by atoms with Crippen LogP contribution in [-0.4, -0.2) is 50.1 Å². The van der Waals surface area contributed by atoms with E-state index in [1.807, 2.05) is 31.1 Å². The number of likely N-dealkylation sites (N-methyl/N-ethyl adjacent to an activating group) is 1. The van der Waals surface area contributed by atoms with Gasteiger partial charge in [0.05, 0.1) is 18.2 Å². The molecule has 2 amide bonds. The third-order valence-electron chi connectivity index (χ3n) is 4.21. The van der Waals surface area contributed by atoms with Crippen LogP contribution in [0.2, 0.25) is 5.02 Å². The Bertz CT molecular complexity index is 864. The molecule has 1 aliphatic heterocycles. The molecule has 3 rings (SSSR count). The van der Waals surface area contributed by atoms with E-state index in [0.717, 1.165) is 6.54 Å². The van der Waals surface area contributed by atoms with Gasteiger partial charge in [0.25, 0.3) is 5.91 Å². The predicted molar refractivity (Wildman–Crippen MR) is 104 cm³/mol. The maximum Gasteiger partial charge on any atom is 0.265 e. The van der Waals surface area contributed by atoms with E-state index >= 15 is 0 Å². The van der Waals surface area contributed by atoms with Gasteiger partial charge < -0.3 is 4.90 Å². The monoisotopic (exact) mass is 369 g/mol. The summed E-state index contributed by atoms with van der Waals surface area (Å²) in [5.41, 5.74) is 1.67. The first-order valence-electron chi connectivity index (χ1n) is 8.36. The van der Waals surface area contributed by atoms with Crippen molar-refractivity contribution in [1.29, 1.82) is 0 Å². The van der Waals surface area contributed by atoms with Gasteiger partial charge in [0.2, 0.25) is 5.91 Å². The van der Waals surface area contributed by atoms with Crippen LogP contribution in [0.25, 0.3) is 0 Å². The summed E-state index contributed by atoms with van der Waals surface area (Å²) in [6.07, 6.45) is 1.65. The Hall–Kier alpha value is -2.50. The molecular weight excluding hydrogens is 350 g/mol. The molecule has 1 aliphatic rings. The summed E-state index contributed by atoms with van der Waals surface area (Å²) in [5.74, 6) is -1.25. The van der Waals surface area contributed by atoms with Gasteiger partial charge in [-0.1, -0.05) is 35.9 Å². The molecule has 1 heterocycles. The number of hydrogen-bond donors (Lipinski definition) is 0.